The molecule has 4 aromatic rings. The number of aromatic nitrogens is 3. The zero-order chi connectivity index (χ0) is 23.2. The molecule has 1 aromatic heterocycles. The van der Waals surface area contributed by atoms with Crippen LogP contribution in [0.15, 0.2) is 83.1 Å². The van der Waals surface area contributed by atoms with Crippen LogP contribution in [0.3, 0.4) is 0 Å². The van der Waals surface area contributed by atoms with E-state index in [1.807, 2.05) is 66.9 Å². The number of hydrogen-bond donors (Lipinski definition) is 2. The van der Waals surface area contributed by atoms with E-state index in [-0.39, 0.29) is 17.4 Å². The van der Waals surface area contributed by atoms with Crippen LogP contribution in [0.2, 0.25) is 0 Å². The van der Waals surface area contributed by atoms with E-state index in [9.17, 15) is 9.90 Å². The van der Waals surface area contributed by atoms with Gasteiger partial charge in [0.15, 0.2) is 11.0 Å². The molecule has 0 aliphatic rings. The minimum atomic E-state index is -0.259. The molecule has 2 N–H and O–H groups in total. The molecule has 0 aliphatic heterocycles. The molecule has 1 heterocycles. The molecular formula is C25H23N5O2S. The van der Waals surface area contributed by atoms with Crippen LogP contribution in [0.5, 0.6) is 5.75 Å². The summed E-state index contributed by atoms with van der Waals surface area (Å²) < 4.78 is 1.96. The van der Waals surface area contributed by atoms with Crippen molar-refractivity contribution in [2.75, 3.05) is 5.75 Å². The molecule has 0 saturated heterocycles. The molecule has 0 aliphatic carbocycles. The molecule has 0 saturated carbocycles. The molecule has 0 fully saturated rings. The smallest absolute Gasteiger partial charge is 0.250 e. The van der Waals surface area contributed by atoms with Gasteiger partial charge < -0.3 is 5.11 Å². The minimum Gasteiger partial charge on any atom is -0.508 e. The lowest BCUT2D eigenvalue weighted by molar-refractivity contribution is -0.118. The first-order valence-corrected chi connectivity index (χ1v) is 11.3. The van der Waals surface area contributed by atoms with Gasteiger partial charge in [-0.05, 0) is 55.8 Å². The van der Waals surface area contributed by atoms with E-state index < -0.39 is 0 Å². The fourth-order valence-corrected chi connectivity index (χ4v) is 3.83. The second-order valence-electron chi connectivity index (χ2n) is 7.52. The topological polar surface area (TPSA) is 92.4 Å². The zero-order valence-electron chi connectivity index (χ0n) is 18.3. The number of benzene rings is 3. The van der Waals surface area contributed by atoms with Gasteiger partial charge in [0.05, 0.1) is 12.0 Å². The summed E-state index contributed by atoms with van der Waals surface area (Å²) in [6, 6.07) is 22.7. The number of aromatic hydroxyl groups is 1. The van der Waals surface area contributed by atoms with Crippen LogP contribution in [0.4, 0.5) is 0 Å². The quantitative estimate of drug-likeness (QED) is 0.242. The van der Waals surface area contributed by atoms with Crippen molar-refractivity contribution in [1.29, 1.82) is 0 Å². The van der Waals surface area contributed by atoms with Crippen molar-refractivity contribution in [2.45, 2.75) is 19.0 Å². The van der Waals surface area contributed by atoms with Gasteiger partial charge in [0.1, 0.15) is 5.75 Å². The Bertz CT molecular complexity index is 1260. The van der Waals surface area contributed by atoms with E-state index in [4.69, 9.17) is 0 Å². The Morgan fingerprint density at radius 1 is 0.970 bits per heavy atom. The van der Waals surface area contributed by atoms with Gasteiger partial charge in [0, 0.05) is 11.3 Å². The number of nitrogens with one attached hydrogen (secondary N) is 1. The normalized spacial score (nSPS) is 11.1. The third-order valence-corrected chi connectivity index (χ3v) is 5.79. The molecule has 0 spiro atoms. The monoisotopic (exact) mass is 457 g/mol. The Morgan fingerprint density at radius 2 is 1.61 bits per heavy atom. The van der Waals surface area contributed by atoms with Crippen LogP contribution in [-0.4, -0.2) is 37.7 Å². The van der Waals surface area contributed by atoms with Crippen molar-refractivity contribution in [3.8, 4) is 22.8 Å². The molecule has 0 bridgehead atoms. The summed E-state index contributed by atoms with van der Waals surface area (Å²) in [6.07, 6.45) is 1.52. The van der Waals surface area contributed by atoms with E-state index in [1.54, 1.807) is 24.3 Å². The summed E-state index contributed by atoms with van der Waals surface area (Å²) in [5, 5.41) is 22.7. The minimum absolute atomic E-state index is 0.130. The third kappa shape index (κ3) is 5.67. The van der Waals surface area contributed by atoms with Crippen molar-refractivity contribution in [1.82, 2.24) is 20.2 Å². The van der Waals surface area contributed by atoms with Crippen LogP contribution in [0, 0.1) is 13.8 Å². The SMILES string of the molecule is Cc1ccc(-c2nnc(SCC(=O)N/N=C/c3ccc(O)cc3)n2-c2ccc(C)cc2)cc1. The molecule has 4 rings (SSSR count). The van der Waals surface area contributed by atoms with Crippen LogP contribution < -0.4 is 5.43 Å². The third-order valence-electron chi connectivity index (χ3n) is 4.86. The number of rotatable bonds is 7. The molecule has 166 valence electrons. The van der Waals surface area contributed by atoms with Gasteiger partial charge in [-0.25, -0.2) is 5.43 Å². The van der Waals surface area contributed by atoms with Crippen molar-refractivity contribution in [2.24, 2.45) is 5.10 Å². The number of phenols is 1. The highest BCUT2D eigenvalue weighted by Gasteiger charge is 2.17. The first kappa shape index (κ1) is 22.3. The molecule has 33 heavy (non-hydrogen) atoms. The number of aryl methyl sites for hydroxylation is 2. The molecular weight excluding hydrogens is 434 g/mol. The van der Waals surface area contributed by atoms with Crippen molar-refractivity contribution in [3.63, 3.8) is 0 Å². The van der Waals surface area contributed by atoms with Gasteiger partial charge in [0.2, 0.25) is 0 Å². The fourth-order valence-electron chi connectivity index (χ4n) is 3.08. The maximum atomic E-state index is 12.3. The predicted molar refractivity (Wildman–Crippen MR) is 131 cm³/mol. The number of carbonyl (C=O) groups is 1. The van der Waals surface area contributed by atoms with Crippen molar-refractivity contribution < 1.29 is 9.90 Å². The van der Waals surface area contributed by atoms with E-state index in [0.29, 0.717) is 11.0 Å². The average molecular weight is 458 g/mol. The number of carbonyl (C=O) groups excluding carboxylic acids is 1. The van der Waals surface area contributed by atoms with E-state index in [0.717, 1.165) is 22.4 Å². The van der Waals surface area contributed by atoms with Gasteiger partial charge in [-0.1, -0.05) is 59.3 Å². The van der Waals surface area contributed by atoms with Gasteiger partial charge >= 0.3 is 0 Å². The van der Waals surface area contributed by atoms with Crippen LogP contribution in [0.1, 0.15) is 16.7 Å². The maximum Gasteiger partial charge on any atom is 0.250 e. The molecule has 8 heteroatoms. The number of thioether (sulfide) groups is 1. The Kier molecular flexibility index (Phi) is 6.85. The Balaban J connectivity index is 1.51. The highest BCUT2D eigenvalue weighted by molar-refractivity contribution is 7.99. The number of hydrazone groups is 1. The molecule has 7 nitrogen and oxygen atoms in total. The summed E-state index contributed by atoms with van der Waals surface area (Å²) in [5.41, 5.74) is 7.48. The second kappa shape index (κ2) is 10.1. The lowest BCUT2D eigenvalue weighted by Crippen LogP contribution is -2.20. The summed E-state index contributed by atoms with van der Waals surface area (Å²) in [7, 11) is 0. The van der Waals surface area contributed by atoms with Crippen LogP contribution in [-0.2, 0) is 4.79 Å². The summed E-state index contributed by atoms with van der Waals surface area (Å²) >= 11 is 1.29. The first-order valence-electron chi connectivity index (χ1n) is 10.3. The Labute approximate surface area is 196 Å². The molecule has 0 unspecified atom stereocenters. The highest BCUT2D eigenvalue weighted by Crippen LogP contribution is 2.28. The largest absolute Gasteiger partial charge is 0.508 e. The molecule has 1 amide bonds. The van der Waals surface area contributed by atoms with Gasteiger partial charge in [0.25, 0.3) is 5.91 Å². The number of phenolic OH excluding ortho intramolecular Hbond substituents is 1. The standard InChI is InChI=1S/C25H23N5O2S/c1-17-3-9-20(10-4-17)24-28-29-25(30(24)21-11-5-18(2)6-12-21)33-16-23(32)27-26-15-19-7-13-22(31)14-8-19/h3-15,31H,16H2,1-2H3,(H,27,32)/b26-15+. The zero-order valence-corrected chi connectivity index (χ0v) is 19.1. The van der Waals surface area contributed by atoms with Crippen LogP contribution in [0.25, 0.3) is 17.1 Å². The molecule has 0 atom stereocenters. The van der Waals surface area contributed by atoms with E-state index >= 15 is 0 Å². The van der Waals surface area contributed by atoms with E-state index in [1.165, 1.54) is 23.5 Å². The second-order valence-corrected chi connectivity index (χ2v) is 8.46. The molecule has 0 radical (unpaired) electrons. The first-order chi connectivity index (χ1) is 16.0. The Morgan fingerprint density at radius 3 is 2.27 bits per heavy atom. The van der Waals surface area contributed by atoms with Crippen molar-refractivity contribution in [3.05, 3.63) is 89.5 Å². The number of nitrogens with zero attached hydrogens (tertiary/aromatic N) is 4. The maximum absolute atomic E-state index is 12.3. The van der Waals surface area contributed by atoms with Crippen molar-refractivity contribution >= 4 is 23.9 Å². The summed E-state index contributed by atoms with van der Waals surface area (Å²) in [6.45, 7) is 4.08. The number of amides is 1. The molecule has 3 aromatic carbocycles. The predicted octanol–water partition coefficient (Wildman–Crippen LogP) is 4.50. The fraction of sp³-hybridized carbons (Fsp3) is 0.120. The highest BCUT2D eigenvalue weighted by atomic mass is 32.2. The van der Waals surface area contributed by atoms with Gasteiger partial charge in [-0.15, -0.1) is 10.2 Å². The van der Waals surface area contributed by atoms with Gasteiger partial charge in [-0.2, -0.15) is 5.10 Å². The van der Waals surface area contributed by atoms with E-state index in [2.05, 4.69) is 20.7 Å². The number of hydrogen-bond acceptors (Lipinski definition) is 6. The average Bonchev–Trinajstić information content (AvgIpc) is 3.24. The summed E-state index contributed by atoms with van der Waals surface area (Å²) in [5.74, 6) is 0.762. The van der Waals surface area contributed by atoms with Crippen LogP contribution >= 0.6 is 11.8 Å². The van der Waals surface area contributed by atoms with Gasteiger partial charge in [-0.3, -0.25) is 9.36 Å². The lowest BCUT2D eigenvalue weighted by Gasteiger charge is -2.11. The summed E-state index contributed by atoms with van der Waals surface area (Å²) in [4.78, 5) is 12.3. The Hall–Kier alpha value is -3.91. The lowest BCUT2D eigenvalue weighted by atomic mass is 10.1.